The molecule has 0 radical (unpaired) electrons. The van der Waals surface area contributed by atoms with Gasteiger partial charge in [-0.1, -0.05) is 6.07 Å². The number of morpholine rings is 1. The highest BCUT2D eigenvalue weighted by atomic mass is 32.2. The Bertz CT molecular complexity index is 1610. The van der Waals surface area contributed by atoms with Crippen LogP contribution in [-0.4, -0.2) is 96.0 Å². The fourth-order valence-corrected chi connectivity index (χ4v) is 5.69. The summed E-state index contributed by atoms with van der Waals surface area (Å²) in [7, 11) is 1.30. The van der Waals surface area contributed by atoms with Crippen molar-refractivity contribution < 1.29 is 47.3 Å². The molecule has 0 saturated carbocycles. The number of nitrogens with one attached hydrogen (secondary N) is 2. The van der Waals surface area contributed by atoms with Crippen LogP contribution in [0.1, 0.15) is 53.5 Å². The van der Waals surface area contributed by atoms with Crippen molar-refractivity contribution in [3.63, 3.8) is 0 Å². The van der Waals surface area contributed by atoms with E-state index in [-0.39, 0.29) is 54.6 Å². The molecule has 0 aliphatic carbocycles. The first-order chi connectivity index (χ1) is 23.6. The molecule has 16 heteroatoms. The molecule has 272 valence electrons. The molecule has 3 heterocycles. The summed E-state index contributed by atoms with van der Waals surface area (Å²) in [4.78, 5) is 60.0. The predicted octanol–water partition coefficient (Wildman–Crippen LogP) is 4.58. The Morgan fingerprint density at radius 3 is 2.48 bits per heavy atom. The number of rotatable bonds is 10. The second-order valence-corrected chi connectivity index (χ2v) is 14.2. The van der Waals surface area contributed by atoms with Crippen molar-refractivity contribution in [3.05, 3.63) is 59.3 Å². The van der Waals surface area contributed by atoms with Gasteiger partial charge in [-0.2, -0.15) is 0 Å². The monoisotopic (exact) mass is 717 g/mol. The number of nitrogens with zero attached hydrogens (tertiary/aromatic N) is 3. The molecule has 4 amide bonds. The molecule has 2 aromatic rings. The summed E-state index contributed by atoms with van der Waals surface area (Å²) >= 11 is 0.764. The summed E-state index contributed by atoms with van der Waals surface area (Å²) < 4.78 is 44.7. The second-order valence-electron chi connectivity index (χ2n) is 13.4. The number of methoxy groups -OCH3 is 1. The maximum absolute atomic E-state index is 14.3. The van der Waals surface area contributed by atoms with Gasteiger partial charge in [0.25, 0.3) is 11.8 Å². The molecule has 2 aliphatic heterocycles. The first-order valence-corrected chi connectivity index (χ1v) is 16.8. The van der Waals surface area contributed by atoms with Crippen LogP contribution in [0.3, 0.4) is 0 Å². The Hall–Kier alpha value is -4.57. The van der Waals surface area contributed by atoms with E-state index in [9.17, 15) is 23.6 Å². The van der Waals surface area contributed by atoms with E-state index >= 15 is 0 Å². The molecule has 0 bridgehead atoms. The number of imide groups is 1. The minimum atomic E-state index is -0.886. The Labute approximate surface area is 295 Å². The number of amides is 4. The van der Waals surface area contributed by atoms with E-state index in [1.54, 1.807) is 64.8 Å². The van der Waals surface area contributed by atoms with Crippen LogP contribution in [0.25, 0.3) is 0 Å². The fourth-order valence-electron chi connectivity index (χ4n) is 4.96. The van der Waals surface area contributed by atoms with Gasteiger partial charge >= 0.3 is 12.2 Å². The smallest absolute Gasteiger partial charge is 0.417 e. The van der Waals surface area contributed by atoms with Gasteiger partial charge in [0.15, 0.2) is 11.6 Å². The Kier molecular flexibility index (Phi) is 12.6. The molecule has 2 N–H and O–H groups in total. The van der Waals surface area contributed by atoms with Gasteiger partial charge < -0.3 is 29.0 Å². The van der Waals surface area contributed by atoms with Crippen LogP contribution in [0.15, 0.2) is 52.8 Å². The lowest BCUT2D eigenvalue weighted by molar-refractivity contribution is -0.130. The van der Waals surface area contributed by atoms with Crippen molar-refractivity contribution in [2.45, 2.75) is 76.6 Å². The van der Waals surface area contributed by atoms with Crippen molar-refractivity contribution in [1.82, 2.24) is 24.8 Å². The summed E-state index contributed by atoms with van der Waals surface area (Å²) in [5.74, 6) is -1.96. The Balaban J connectivity index is 1.53. The third-order valence-corrected chi connectivity index (χ3v) is 8.05. The van der Waals surface area contributed by atoms with Gasteiger partial charge in [0.1, 0.15) is 29.1 Å². The van der Waals surface area contributed by atoms with Crippen LogP contribution in [0.5, 0.6) is 11.5 Å². The Morgan fingerprint density at radius 1 is 1.06 bits per heavy atom. The summed E-state index contributed by atoms with van der Waals surface area (Å²) in [6, 6.07) is 5.53. The normalized spacial score (nSPS) is 16.9. The average molecular weight is 718 g/mol. The zero-order valence-electron chi connectivity index (χ0n) is 29.3. The summed E-state index contributed by atoms with van der Waals surface area (Å²) in [5, 5.41) is 3.18. The molecule has 1 aromatic carbocycles. The predicted molar refractivity (Wildman–Crippen MR) is 181 cm³/mol. The van der Waals surface area contributed by atoms with Gasteiger partial charge in [-0.25, -0.2) is 18.9 Å². The van der Waals surface area contributed by atoms with E-state index in [4.69, 9.17) is 23.7 Å². The summed E-state index contributed by atoms with van der Waals surface area (Å²) in [6.45, 7) is 11.6. The SMILES string of the molecule is COc1c(F)cccc1SNC(=O)C1=C(NCc2ccncc2OC[C@H]2COCCN2C(=O)OC(C)(C)C)CCN(C(=O)OC(C)(C)C)C1=O. The molecule has 14 nitrogen and oxygen atoms in total. The highest BCUT2D eigenvalue weighted by Crippen LogP contribution is 2.31. The summed E-state index contributed by atoms with van der Waals surface area (Å²) in [5.41, 5.74) is -0.929. The third-order valence-electron chi connectivity index (χ3n) is 7.22. The third kappa shape index (κ3) is 10.2. The number of para-hydroxylation sites is 1. The van der Waals surface area contributed by atoms with Crippen molar-refractivity contribution >= 4 is 35.9 Å². The van der Waals surface area contributed by atoms with Crippen LogP contribution in [-0.2, 0) is 30.3 Å². The average Bonchev–Trinajstić information content (AvgIpc) is 3.04. The highest BCUT2D eigenvalue weighted by Gasteiger charge is 2.38. The molecular formula is C34H44FN5O9S. The molecule has 2 aliphatic rings. The van der Waals surface area contributed by atoms with Gasteiger partial charge in [0.2, 0.25) is 0 Å². The van der Waals surface area contributed by atoms with Gasteiger partial charge in [-0.05, 0) is 71.7 Å². The summed E-state index contributed by atoms with van der Waals surface area (Å²) in [6.07, 6.45) is 1.87. The molecule has 1 saturated heterocycles. The minimum Gasteiger partial charge on any atom is -0.492 e. The Morgan fingerprint density at radius 2 is 1.78 bits per heavy atom. The number of benzene rings is 1. The number of hydrogen-bond donors (Lipinski definition) is 2. The topological polar surface area (TPSA) is 158 Å². The van der Waals surface area contributed by atoms with E-state index in [2.05, 4.69) is 15.0 Å². The van der Waals surface area contributed by atoms with Gasteiger partial charge in [0, 0.05) is 43.5 Å². The first-order valence-electron chi connectivity index (χ1n) is 16.0. The van der Waals surface area contributed by atoms with Gasteiger partial charge in [-0.15, -0.1) is 0 Å². The van der Waals surface area contributed by atoms with Crippen molar-refractivity contribution in [2.75, 3.05) is 40.0 Å². The zero-order valence-corrected chi connectivity index (χ0v) is 30.1. The fraction of sp³-hybridized carbons (Fsp3) is 0.500. The molecular weight excluding hydrogens is 673 g/mol. The van der Waals surface area contributed by atoms with Crippen LogP contribution in [0.2, 0.25) is 0 Å². The molecule has 50 heavy (non-hydrogen) atoms. The zero-order chi connectivity index (χ0) is 36.6. The van der Waals surface area contributed by atoms with Crippen molar-refractivity contribution in [2.24, 2.45) is 0 Å². The van der Waals surface area contributed by atoms with Crippen molar-refractivity contribution in [3.8, 4) is 11.5 Å². The number of carbonyl (C=O) groups excluding carboxylic acids is 4. The van der Waals surface area contributed by atoms with E-state index in [1.807, 2.05) is 0 Å². The lowest BCUT2D eigenvalue weighted by Gasteiger charge is -2.36. The van der Waals surface area contributed by atoms with Crippen LogP contribution in [0, 0.1) is 5.82 Å². The van der Waals surface area contributed by atoms with Gasteiger partial charge in [-0.3, -0.25) is 24.2 Å². The maximum atomic E-state index is 14.3. The number of hydrogen-bond acceptors (Lipinski definition) is 12. The molecule has 0 spiro atoms. The lowest BCUT2D eigenvalue weighted by atomic mass is 10.0. The standard InChI is InChI=1S/C34H44FN5O9S/c1-33(2,3)48-31(43)39-15-16-46-19-22(39)20-47-25-18-36-13-11-21(25)17-37-24-12-14-40(32(44)49-34(4,5)6)30(42)27(24)29(41)38-50-26-10-8-9-23(35)28(26)45-7/h8-11,13,18,22,37H,12,14-17,19-20H2,1-7H3,(H,38,41)/t22-/m1/s1. The van der Waals surface area contributed by atoms with Crippen LogP contribution in [0.4, 0.5) is 14.0 Å². The highest BCUT2D eigenvalue weighted by molar-refractivity contribution is 7.98. The molecule has 1 atom stereocenters. The van der Waals surface area contributed by atoms with Crippen LogP contribution >= 0.6 is 11.9 Å². The largest absolute Gasteiger partial charge is 0.492 e. The maximum Gasteiger partial charge on any atom is 0.417 e. The second kappa shape index (κ2) is 16.4. The molecule has 4 rings (SSSR count). The number of pyridine rings is 1. The molecule has 0 unspecified atom stereocenters. The quantitative estimate of drug-likeness (QED) is 0.261. The van der Waals surface area contributed by atoms with Crippen LogP contribution < -0.4 is 19.5 Å². The molecule has 1 aromatic heterocycles. The van der Waals surface area contributed by atoms with E-state index in [0.717, 1.165) is 16.8 Å². The lowest BCUT2D eigenvalue weighted by Crippen LogP contribution is -2.52. The number of aromatic nitrogens is 1. The first kappa shape index (κ1) is 38.2. The minimum absolute atomic E-state index is 0.0421. The number of halogens is 1. The van der Waals surface area contributed by atoms with E-state index in [1.165, 1.54) is 25.4 Å². The van der Waals surface area contributed by atoms with E-state index in [0.29, 0.717) is 24.5 Å². The van der Waals surface area contributed by atoms with Gasteiger partial charge in [0.05, 0.1) is 37.5 Å². The van der Waals surface area contributed by atoms with E-state index < -0.39 is 47.1 Å². The molecule has 1 fully saturated rings. The number of carbonyl (C=O) groups is 4. The number of ether oxygens (including phenoxy) is 5. The van der Waals surface area contributed by atoms with Crippen molar-refractivity contribution in [1.29, 1.82) is 0 Å².